The smallest absolute Gasteiger partial charge is 0.293 e. The number of thioether (sulfide) groups is 1. The average molecular weight is 701 g/mol. The number of halogens is 3. The predicted molar refractivity (Wildman–Crippen MR) is 147 cm³/mol. The van der Waals surface area contributed by atoms with Crippen molar-refractivity contribution in [2.75, 3.05) is 7.11 Å². The van der Waals surface area contributed by atoms with E-state index in [9.17, 15) is 14.0 Å². The largest absolute Gasteiger partial charge is 0.493 e. The Balaban J connectivity index is 1.53. The zero-order valence-corrected chi connectivity index (χ0v) is 23.0. The van der Waals surface area contributed by atoms with Gasteiger partial charge in [-0.3, -0.25) is 14.5 Å². The molecule has 174 valence electrons. The van der Waals surface area contributed by atoms with Gasteiger partial charge in [-0.05, 0) is 104 Å². The van der Waals surface area contributed by atoms with Crippen molar-refractivity contribution < 1.29 is 23.5 Å². The van der Waals surface area contributed by atoms with Crippen LogP contribution in [0.2, 0.25) is 0 Å². The molecule has 3 aromatic rings. The molecule has 0 N–H and O–H groups in total. The molecular weight excluding hydrogens is 683 g/mol. The number of carbonyl (C=O) groups is 2. The van der Waals surface area contributed by atoms with Gasteiger partial charge in [0.25, 0.3) is 11.1 Å². The molecule has 5 nitrogen and oxygen atoms in total. The van der Waals surface area contributed by atoms with Gasteiger partial charge < -0.3 is 9.47 Å². The molecule has 3 aromatic carbocycles. The van der Waals surface area contributed by atoms with E-state index in [0.29, 0.717) is 27.5 Å². The number of carbonyl (C=O) groups excluding carboxylic acids is 2. The number of nitrogens with zero attached hydrogens (tertiary/aromatic N) is 1. The summed E-state index contributed by atoms with van der Waals surface area (Å²) < 4.78 is 27.1. The van der Waals surface area contributed by atoms with Gasteiger partial charge >= 0.3 is 0 Å². The number of hydrogen-bond donors (Lipinski definition) is 0. The lowest BCUT2D eigenvalue weighted by Gasteiger charge is -2.14. The third-order valence-electron chi connectivity index (χ3n) is 5.01. The molecule has 1 aliphatic heterocycles. The van der Waals surface area contributed by atoms with E-state index >= 15 is 0 Å². The lowest BCUT2D eigenvalue weighted by Crippen LogP contribution is -2.27. The highest BCUT2D eigenvalue weighted by Gasteiger charge is 2.35. The Hall–Kier alpha value is -2.12. The van der Waals surface area contributed by atoms with Crippen LogP contribution in [0.3, 0.4) is 0 Å². The van der Waals surface area contributed by atoms with Crippen LogP contribution in [0.15, 0.2) is 65.6 Å². The highest BCUT2D eigenvalue weighted by atomic mass is 127. The molecule has 2 amide bonds. The minimum absolute atomic E-state index is 0.0514. The van der Waals surface area contributed by atoms with Gasteiger partial charge in [0.05, 0.1) is 22.1 Å². The summed E-state index contributed by atoms with van der Waals surface area (Å²) in [5.74, 6) is 0.263. The van der Waals surface area contributed by atoms with Crippen LogP contribution < -0.4 is 9.47 Å². The third kappa shape index (κ3) is 5.74. The maximum atomic E-state index is 13.9. The Morgan fingerprint density at radius 1 is 1.06 bits per heavy atom. The first kappa shape index (κ1) is 25.0. The molecule has 0 atom stereocenters. The normalized spacial score (nSPS) is 14.7. The van der Waals surface area contributed by atoms with E-state index in [4.69, 9.17) is 9.47 Å². The van der Waals surface area contributed by atoms with Crippen LogP contribution in [0.25, 0.3) is 6.08 Å². The number of methoxy groups -OCH3 is 1. The van der Waals surface area contributed by atoms with Crippen molar-refractivity contribution in [1.82, 2.24) is 4.90 Å². The van der Waals surface area contributed by atoms with Crippen LogP contribution in [0.4, 0.5) is 9.18 Å². The van der Waals surface area contributed by atoms with Gasteiger partial charge in [-0.25, -0.2) is 4.39 Å². The lowest BCUT2D eigenvalue weighted by atomic mass is 10.1. The standard InChI is InChI=1S/C25H18FI2NO4S/c1-32-21-11-16(10-20(28)23(21)33-14-17-4-2-3-5-19(17)26)12-22-24(30)29(25(31)34-22)13-15-6-8-18(27)9-7-15/h2-12H,13-14H2,1H3/b22-12+. The number of amides is 2. The second-order valence-corrected chi connectivity index (χ2v) is 10.7. The summed E-state index contributed by atoms with van der Waals surface area (Å²) in [5.41, 5.74) is 2.02. The maximum absolute atomic E-state index is 13.9. The third-order valence-corrected chi connectivity index (χ3v) is 7.43. The van der Waals surface area contributed by atoms with E-state index in [0.717, 1.165) is 24.5 Å². The van der Waals surface area contributed by atoms with Gasteiger partial charge in [0, 0.05) is 9.13 Å². The molecule has 1 fully saturated rings. The summed E-state index contributed by atoms with van der Waals surface area (Å²) >= 11 is 5.23. The van der Waals surface area contributed by atoms with Gasteiger partial charge in [-0.15, -0.1) is 0 Å². The molecule has 0 bridgehead atoms. The van der Waals surface area contributed by atoms with Gasteiger partial charge in [0.15, 0.2) is 11.5 Å². The molecule has 0 radical (unpaired) electrons. The fraction of sp³-hybridized carbons (Fsp3) is 0.120. The average Bonchev–Trinajstić information content (AvgIpc) is 3.07. The number of imide groups is 1. The van der Waals surface area contributed by atoms with Crippen molar-refractivity contribution in [3.63, 3.8) is 0 Å². The summed E-state index contributed by atoms with van der Waals surface area (Å²) in [5, 5.41) is -0.304. The van der Waals surface area contributed by atoms with Gasteiger partial charge in [0.1, 0.15) is 12.4 Å². The molecule has 0 aromatic heterocycles. The van der Waals surface area contributed by atoms with E-state index in [-0.39, 0.29) is 30.1 Å². The van der Waals surface area contributed by atoms with Gasteiger partial charge in [-0.1, -0.05) is 30.3 Å². The van der Waals surface area contributed by atoms with Crippen LogP contribution in [0.1, 0.15) is 16.7 Å². The van der Waals surface area contributed by atoms with Gasteiger partial charge in [-0.2, -0.15) is 0 Å². The summed E-state index contributed by atoms with van der Waals surface area (Å²) in [7, 11) is 1.51. The molecule has 1 heterocycles. The van der Waals surface area contributed by atoms with E-state index in [1.807, 2.05) is 30.3 Å². The SMILES string of the molecule is COc1cc(/C=C2/SC(=O)N(Cc3ccc(I)cc3)C2=O)cc(I)c1OCc1ccccc1F. The lowest BCUT2D eigenvalue weighted by molar-refractivity contribution is -0.123. The van der Waals surface area contributed by atoms with E-state index < -0.39 is 0 Å². The van der Waals surface area contributed by atoms with Crippen LogP contribution in [0.5, 0.6) is 11.5 Å². The molecule has 1 saturated heterocycles. The Morgan fingerprint density at radius 2 is 1.79 bits per heavy atom. The molecule has 1 aliphatic rings. The van der Waals surface area contributed by atoms with Crippen molar-refractivity contribution in [3.05, 3.63) is 95.2 Å². The Labute approximate surface area is 228 Å². The molecular formula is C25H18FI2NO4S. The monoisotopic (exact) mass is 701 g/mol. The summed E-state index contributed by atoms with van der Waals surface area (Å²) in [6, 6.07) is 17.7. The Kier molecular flexibility index (Phi) is 8.14. The van der Waals surface area contributed by atoms with Crippen molar-refractivity contribution >= 4 is 74.2 Å². The molecule has 0 saturated carbocycles. The summed E-state index contributed by atoms with van der Waals surface area (Å²) in [6.45, 7) is 0.276. The first-order valence-corrected chi connectivity index (χ1v) is 13.1. The number of ether oxygens (including phenoxy) is 2. The molecule has 4 rings (SSSR count). The number of hydrogen-bond acceptors (Lipinski definition) is 5. The summed E-state index contributed by atoms with van der Waals surface area (Å²) in [4.78, 5) is 27.0. The van der Waals surface area contributed by atoms with E-state index in [2.05, 4.69) is 45.2 Å². The molecule has 0 spiro atoms. The number of benzene rings is 3. The first-order valence-electron chi connectivity index (χ1n) is 10.1. The molecule has 34 heavy (non-hydrogen) atoms. The quantitative estimate of drug-likeness (QED) is 0.199. The minimum atomic E-state index is -0.339. The highest BCUT2D eigenvalue weighted by molar-refractivity contribution is 14.1. The molecule has 9 heteroatoms. The summed E-state index contributed by atoms with van der Waals surface area (Å²) in [6.07, 6.45) is 1.67. The van der Waals surface area contributed by atoms with Crippen molar-refractivity contribution in [3.8, 4) is 11.5 Å². The van der Waals surface area contributed by atoms with Gasteiger partial charge in [0.2, 0.25) is 0 Å². The minimum Gasteiger partial charge on any atom is -0.493 e. The van der Waals surface area contributed by atoms with E-state index in [1.165, 1.54) is 18.1 Å². The predicted octanol–water partition coefficient (Wildman–Crippen LogP) is 6.86. The maximum Gasteiger partial charge on any atom is 0.293 e. The zero-order chi connectivity index (χ0) is 24.2. The van der Waals surface area contributed by atoms with Crippen molar-refractivity contribution in [2.24, 2.45) is 0 Å². The van der Waals surface area contributed by atoms with Crippen LogP contribution >= 0.6 is 56.9 Å². The first-order chi connectivity index (χ1) is 16.4. The molecule has 0 unspecified atom stereocenters. The topological polar surface area (TPSA) is 55.8 Å². The van der Waals surface area contributed by atoms with Crippen LogP contribution in [-0.4, -0.2) is 23.2 Å². The molecule has 0 aliphatic carbocycles. The van der Waals surface area contributed by atoms with Crippen LogP contribution in [0, 0.1) is 13.0 Å². The Bertz CT molecular complexity index is 1280. The van der Waals surface area contributed by atoms with Crippen molar-refractivity contribution in [1.29, 1.82) is 0 Å². The van der Waals surface area contributed by atoms with E-state index in [1.54, 1.807) is 30.3 Å². The van der Waals surface area contributed by atoms with Crippen molar-refractivity contribution in [2.45, 2.75) is 13.2 Å². The fourth-order valence-electron chi connectivity index (χ4n) is 3.29. The fourth-order valence-corrected chi connectivity index (χ4v) is 5.27. The highest BCUT2D eigenvalue weighted by Crippen LogP contribution is 2.38. The Morgan fingerprint density at radius 3 is 2.50 bits per heavy atom. The second-order valence-electron chi connectivity index (χ2n) is 7.31. The zero-order valence-electron chi connectivity index (χ0n) is 17.9. The second kappa shape index (κ2) is 11.1. The number of rotatable bonds is 7. The van der Waals surface area contributed by atoms with Crippen LogP contribution in [-0.2, 0) is 17.9 Å².